The minimum atomic E-state index is -3.42. The highest BCUT2D eigenvalue weighted by molar-refractivity contribution is 7.91. The van der Waals surface area contributed by atoms with Crippen molar-refractivity contribution in [2.24, 2.45) is 0 Å². The first-order valence-corrected chi connectivity index (χ1v) is 10.7. The van der Waals surface area contributed by atoms with Gasteiger partial charge in [0.25, 0.3) is 15.9 Å². The van der Waals surface area contributed by atoms with E-state index >= 15 is 0 Å². The summed E-state index contributed by atoms with van der Waals surface area (Å²) in [6.45, 7) is 1.52. The topological polar surface area (TPSA) is 66.5 Å². The molecule has 1 N–H and O–H groups in total. The van der Waals surface area contributed by atoms with Crippen LogP contribution in [0.15, 0.2) is 46.7 Å². The standard InChI is InChI=1S/C18H22N2O3S2/c21-18(15-8-4-3-5-9-15)19-14-16-10-11-17(24-16)25(22,23)20-12-6-1-2-7-13-20/h3-5,8-11H,1-2,6-7,12-14H2,(H,19,21). The molecule has 7 heteroatoms. The van der Waals surface area contributed by atoms with Gasteiger partial charge in [0, 0.05) is 23.5 Å². The maximum absolute atomic E-state index is 12.8. The molecule has 1 fully saturated rings. The Morgan fingerprint density at radius 1 is 1.00 bits per heavy atom. The Balaban J connectivity index is 1.64. The van der Waals surface area contributed by atoms with Gasteiger partial charge in [-0.25, -0.2) is 8.42 Å². The van der Waals surface area contributed by atoms with E-state index in [4.69, 9.17) is 0 Å². The van der Waals surface area contributed by atoms with Gasteiger partial charge < -0.3 is 5.32 Å². The molecule has 2 heterocycles. The van der Waals surface area contributed by atoms with Crippen LogP contribution in [0.2, 0.25) is 0 Å². The summed E-state index contributed by atoms with van der Waals surface area (Å²) in [4.78, 5) is 12.9. The number of carbonyl (C=O) groups excluding carboxylic acids is 1. The molecule has 0 radical (unpaired) electrons. The van der Waals surface area contributed by atoms with Gasteiger partial charge in [-0.15, -0.1) is 11.3 Å². The molecule has 1 aliphatic rings. The van der Waals surface area contributed by atoms with Crippen LogP contribution in [0.1, 0.15) is 40.9 Å². The fourth-order valence-corrected chi connectivity index (χ4v) is 5.83. The van der Waals surface area contributed by atoms with Crippen molar-refractivity contribution < 1.29 is 13.2 Å². The van der Waals surface area contributed by atoms with Crippen LogP contribution in [0.25, 0.3) is 0 Å². The van der Waals surface area contributed by atoms with E-state index < -0.39 is 10.0 Å². The van der Waals surface area contributed by atoms with Gasteiger partial charge in [0.1, 0.15) is 4.21 Å². The molecule has 134 valence electrons. The molecule has 5 nitrogen and oxygen atoms in total. The summed E-state index contributed by atoms with van der Waals surface area (Å²) in [6.07, 6.45) is 4.02. The number of hydrogen-bond donors (Lipinski definition) is 1. The van der Waals surface area contributed by atoms with Crippen LogP contribution in [-0.4, -0.2) is 31.7 Å². The Morgan fingerprint density at radius 3 is 2.36 bits per heavy atom. The van der Waals surface area contributed by atoms with Crippen molar-refractivity contribution in [2.75, 3.05) is 13.1 Å². The smallest absolute Gasteiger partial charge is 0.252 e. The summed E-state index contributed by atoms with van der Waals surface area (Å²) < 4.78 is 27.5. The average Bonchev–Trinajstić information content (AvgIpc) is 2.94. The number of nitrogens with zero attached hydrogens (tertiary/aromatic N) is 1. The summed E-state index contributed by atoms with van der Waals surface area (Å²) in [5.74, 6) is -0.161. The molecule has 1 saturated heterocycles. The van der Waals surface area contributed by atoms with E-state index in [9.17, 15) is 13.2 Å². The van der Waals surface area contributed by atoms with Gasteiger partial charge in [-0.3, -0.25) is 4.79 Å². The Labute approximate surface area is 152 Å². The lowest BCUT2D eigenvalue weighted by molar-refractivity contribution is 0.0951. The van der Waals surface area contributed by atoms with Crippen LogP contribution in [0.4, 0.5) is 0 Å². The van der Waals surface area contributed by atoms with Crippen LogP contribution in [0.5, 0.6) is 0 Å². The lowest BCUT2D eigenvalue weighted by Crippen LogP contribution is -2.31. The van der Waals surface area contributed by atoms with E-state index in [1.807, 2.05) is 18.2 Å². The highest BCUT2D eigenvalue weighted by Gasteiger charge is 2.26. The van der Waals surface area contributed by atoms with Gasteiger partial charge in [0.15, 0.2) is 0 Å². The zero-order valence-corrected chi connectivity index (χ0v) is 15.6. The van der Waals surface area contributed by atoms with Crippen LogP contribution in [0.3, 0.4) is 0 Å². The predicted molar refractivity (Wildman–Crippen MR) is 99.2 cm³/mol. The third-order valence-corrected chi connectivity index (χ3v) is 7.71. The van der Waals surface area contributed by atoms with E-state index in [0.29, 0.717) is 29.4 Å². The van der Waals surface area contributed by atoms with Gasteiger partial charge >= 0.3 is 0 Å². The molecule has 1 aromatic carbocycles. The quantitative estimate of drug-likeness (QED) is 0.868. The zero-order chi connectivity index (χ0) is 17.7. The summed E-state index contributed by atoms with van der Waals surface area (Å²) in [6, 6.07) is 12.4. The van der Waals surface area contributed by atoms with Crippen molar-refractivity contribution in [1.82, 2.24) is 9.62 Å². The zero-order valence-electron chi connectivity index (χ0n) is 14.0. The van der Waals surface area contributed by atoms with Crippen LogP contribution >= 0.6 is 11.3 Å². The predicted octanol–water partition coefficient (Wildman–Crippen LogP) is 3.24. The second kappa shape index (κ2) is 8.12. The first kappa shape index (κ1) is 18.1. The number of sulfonamides is 1. The van der Waals surface area contributed by atoms with E-state index in [0.717, 1.165) is 30.6 Å². The molecular formula is C18H22N2O3S2. The maximum atomic E-state index is 12.8. The first-order valence-electron chi connectivity index (χ1n) is 8.49. The monoisotopic (exact) mass is 378 g/mol. The molecule has 1 amide bonds. The Kier molecular flexibility index (Phi) is 5.88. The molecule has 1 aliphatic heterocycles. The van der Waals surface area contributed by atoms with E-state index in [1.54, 1.807) is 28.6 Å². The number of nitrogens with one attached hydrogen (secondary N) is 1. The first-order chi connectivity index (χ1) is 12.1. The fraction of sp³-hybridized carbons (Fsp3) is 0.389. The molecule has 0 aliphatic carbocycles. The molecule has 0 atom stereocenters. The van der Waals surface area contributed by atoms with Crippen molar-refractivity contribution >= 4 is 27.3 Å². The lowest BCUT2D eigenvalue weighted by atomic mass is 10.2. The lowest BCUT2D eigenvalue weighted by Gasteiger charge is -2.18. The van der Waals surface area contributed by atoms with E-state index in [2.05, 4.69) is 5.32 Å². The molecule has 2 aromatic rings. The van der Waals surface area contributed by atoms with Crippen molar-refractivity contribution in [3.63, 3.8) is 0 Å². The number of hydrogen-bond acceptors (Lipinski definition) is 4. The molecule has 25 heavy (non-hydrogen) atoms. The number of thiophene rings is 1. The number of amides is 1. The van der Waals surface area contributed by atoms with Gasteiger partial charge in [0.2, 0.25) is 0 Å². The molecule has 3 rings (SSSR count). The molecular weight excluding hydrogens is 356 g/mol. The second-order valence-corrected chi connectivity index (χ2v) is 9.42. The van der Waals surface area contributed by atoms with Gasteiger partial charge in [-0.2, -0.15) is 4.31 Å². The normalized spacial score (nSPS) is 16.3. The summed E-state index contributed by atoms with van der Waals surface area (Å²) >= 11 is 1.23. The van der Waals surface area contributed by atoms with Gasteiger partial charge in [-0.05, 0) is 37.1 Å². The van der Waals surface area contributed by atoms with Gasteiger partial charge in [-0.1, -0.05) is 31.0 Å². The highest BCUT2D eigenvalue weighted by Crippen LogP contribution is 2.26. The molecule has 0 unspecified atom stereocenters. The van der Waals surface area contributed by atoms with Crippen molar-refractivity contribution in [3.05, 3.63) is 52.9 Å². The maximum Gasteiger partial charge on any atom is 0.252 e. The molecule has 0 spiro atoms. The third kappa shape index (κ3) is 4.48. The Morgan fingerprint density at radius 2 is 1.68 bits per heavy atom. The summed E-state index contributed by atoms with van der Waals surface area (Å²) in [5.41, 5.74) is 0.594. The van der Waals surface area contributed by atoms with Crippen LogP contribution in [-0.2, 0) is 16.6 Å². The minimum Gasteiger partial charge on any atom is -0.347 e. The Hall–Kier alpha value is -1.70. The van der Waals surface area contributed by atoms with E-state index in [1.165, 1.54) is 11.3 Å². The summed E-state index contributed by atoms with van der Waals surface area (Å²) in [7, 11) is -3.42. The molecule has 1 aromatic heterocycles. The highest BCUT2D eigenvalue weighted by atomic mass is 32.2. The van der Waals surface area contributed by atoms with Crippen molar-refractivity contribution in [1.29, 1.82) is 0 Å². The SMILES string of the molecule is O=C(NCc1ccc(S(=O)(=O)N2CCCCCC2)s1)c1ccccc1. The second-order valence-electron chi connectivity index (χ2n) is 6.09. The third-order valence-electron chi connectivity index (χ3n) is 4.26. The average molecular weight is 379 g/mol. The Bertz CT molecular complexity index is 808. The fourth-order valence-electron chi connectivity index (χ4n) is 2.86. The largest absolute Gasteiger partial charge is 0.347 e. The summed E-state index contributed by atoms with van der Waals surface area (Å²) in [5, 5.41) is 2.83. The number of benzene rings is 1. The molecule has 0 saturated carbocycles. The molecule has 0 bridgehead atoms. The van der Waals surface area contributed by atoms with E-state index in [-0.39, 0.29) is 5.91 Å². The minimum absolute atomic E-state index is 0.161. The van der Waals surface area contributed by atoms with Crippen LogP contribution < -0.4 is 5.32 Å². The van der Waals surface area contributed by atoms with Gasteiger partial charge in [0.05, 0.1) is 6.54 Å². The van der Waals surface area contributed by atoms with Crippen molar-refractivity contribution in [2.45, 2.75) is 36.4 Å². The van der Waals surface area contributed by atoms with Crippen LogP contribution in [0, 0.1) is 0 Å². The number of carbonyl (C=O) groups is 1. The number of rotatable bonds is 5. The van der Waals surface area contributed by atoms with Crippen molar-refractivity contribution in [3.8, 4) is 0 Å².